The molecule has 3 amide bonds. The second-order valence-corrected chi connectivity index (χ2v) is 10.2. The number of piperidine rings is 2. The summed E-state index contributed by atoms with van der Waals surface area (Å²) in [7, 11) is 1.67. The molecule has 3 heterocycles. The number of hydrogen-bond acceptors (Lipinski definition) is 8. The lowest BCUT2D eigenvalue weighted by Gasteiger charge is -2.39. The van der Waals surface area contributed by atoms with Crippen LogP contribution in [0.1, 0.15) is 43.0 Å². The number of thioether (sulfide) groups is 1. The minimum Gasteiger partial charge on any atom is -0.450 e. The third-order valence-corrected chi connectivity index (χ3v) is 7.81. The van der Waals surface area contributed by atoms with Gasteiger partial charge in [-0.05, 0) is 70.2 Å². The first-order valence-electron chi connectivity index (χ1n) is 12.6. The molecule has 0 aliphatic carbocycles. The summed E-state index contributed by atoms with van der Waals surface area (Å²) in [5, 5.41) is 10.4. The van der Waals surface area contributed by atoms with Gasteiger partial charge in [-0.1, -0.05) is 11.8 Å². The molecule has 200 valence electrons. The van der Waals surface area contributed by atoms with Crippen LogP contribution in [0.5, 0.6) is 0 Å². The van der Waals surface area contributed by atoms with Crippen LogP contribution in [-0.4, -0.2) is 83.0 Å². The number of amides is 3. The average molecular weight is 531 g/mol. The Labute approximate surface area is 219 Å². The molecule has 2 fully saturated rings. The highest BCUT2D eigenvalue weighted by molar-refractivity contribution is 7.98. The Morgan fingerprint density at radius 3 is 2.57 bits per heavy atom. The smallest absolute Gasteiger partial charge is 0.409 e. The van der Waals surface area contributed by atoms with Crippen molar-refractivity contribution in [2.24, 2.45) is 7.05 Å². The molecule has 12 heteroatoms. The van der Waals surface area contributed by atoms with Crippen molar-refractivity contribution < 1.29 is 19.1 Å². The van der Waals surface area contributed by atoms with Gasteiger partial charge in [0, 0.05) is 31.7 Å². The Kier molecular flexibility index (Phi) is 8.38. The normalized spacial score (nSPS) is 17.9. The number of rotatable bonds is 6. The van der Waals surface area contributed by atoms with Crippen molar-refractivity contribution in [2.45, 2.75) is 49.3 Å². The molecule has 37 heavy (non-hydrogen) atoms. The number of hydrogen-bond donors (Lipinski definition) is 3. The van der Waals surface area contributed by atoms with Crippen LogP contribution < -0.4 is 21.5 Å². The van der Waals surface area contributed by atoms with Crippen LogP contribution in [0, 0.1) is 0 Å². The van der Waals surface area contributed by atoms with E-state index >= 15 is 0 Å². The third kappa shape index (κ3) is 5.74. The zero-order valence-electron chi connectivity index (χ0n) is 21.5. The quantitative estimate of drug-likeness (QED) is 0.375. The minimum atomic E-state index is -1.06. The second-order valence-electron chi connectivity index (χ2n) is 9.41. The van der Waals surface area contributed by atoms with Crippen molar-refractivity contribution in [1.82, 2.24) is 30.4 Å². The van der Waals surface area contributed by atoms with Gasteiger partial charge in [-0.2, -0.15) is 0 Å². The standard InChI is InChI=1S/C25H34N6O5S/c1-4-36-24(35)31-13-7-17(8-14-31)27-22(34)25(9-11-26-12-10-25)29-20(32)16-5-6-18-19(15-16)28-23(37-3)30(2)21(18)33/h5-6,15,17,26H,4,7-14H2,1-3H3,(H,27,34)(H,29,32). The number of carbonyl (C=O) groups is 3. The molecule has 0 radical (unpaired) electrons. The Balaban J connectivity index is 1.49. The van der Waals surface area contributed by atoms with E-state index in [-0.39, 0.29) is 29.5 Å². The zero-order chi connectivity index (χ0) is 26.6. The van der Waals surface area contributed by atoms with E-state index in [9.17, 15) is 19.2 Å². The van der Waals surface area contributed by atoms with E-state index in [4.69, 9.17) is 4.74 Å². The summed E-state index contributed by atoms with van der Waals surface area (Å²) in [6.07, 6.45) is 3.66. The van der Waals surface area contributed by atoms with E-state index < -0.39 is 5.54 Å². The molecule has 2 aliphatic heterocycles. The Morgan fingerprint density at radius 1 is 1.22 bits per heavy atom. The first kappa shape index (κ1) is 26.9. The van der Waals surface area contributed by atoms with E-state index in [2.05, 4.69) is 20.9 Å². The molecule has 2 aromatic rings. The van der Waals surface area contributed by atoms with Crippen LogP contribution in [0.25, 0.3) is 10.9 Å². The fraction of sp³-hybridized carbons (Fsp3) is 0.560. The molecule has 0 atom stereocenters. The monoisotopic (exact) mass is 530 g/mol. The number of nitrogens with zero attached hydrogens (tertiary/aromatic N) is 3. The summed E-state index contributed by atoms with van der Waals surface area (Å²) >= 11 is 1.35. The number of ether oxygens (including phenoxy) is 1. The molecule has 0 bridgehead atoms. The summed E-state index contributed by atoms with van der Waals surface area (Å²) < 4.78 is 6.55. The van der Waals surface area contributed by atoms with Gasteiger partial charge in [0.2, 0.25) is 5.91 Å². The van der Waals surface area contributed by atoms with Crippen molar-refractivity contribution in [3.63, 3.8) is 0 Å². The van der Waals surface area contributed by atoms with Gasteiger partial charge in [-0.15, -0.1) is 0 Å². The molecular formula is C25H34N6O5S. The first-order valence-corrected chi connectivity index (χ1v) is 13.8. The van der Waals surface area contributed by atoms with Gasteiger partial charge < -0.3 is 25.6 Å². The van der Waals surface area contributed by atoms with E-state index in [0.29, 0.717) is 80.1 Å². The fourth-order valence-corrected chi connectivity index (χ4v) is 5.42. The van der Waals surface area contributed by atoms with E-state index in [1.165, 1.54) is 16.3 Å². The summed E-state index contributed by atoms with van der Waals surface area (Å²) in [4.78, 5) is 57.7. The number of likely N-dealkylation sites (tertiary alicyclic amines) is 1. The van der Waals surface area contributed by atoms with Crippen molar-refractivity contribution >= 4 is 40.6 Å². The largest absolute Gasteiger partial charge is 0.450 e. The maximum absolute atomic E-state index is 13.5. The van der Waals surface area contributed by atoms with E-state index in [1.54, 1.807) is 37.1 Å². The summed E-state index contributed by atoms with van der Waals surface area (Å²) in [5.74, 6) is -0.598. The molecule has 4 rings (SSSR count). The molecule has 1 aromatic heterocycles. The molecular weight excluding hydrogens is 496 g/mol. The second kappa shape index (κ2) is 11.5. The van der Waals surface area contributed by atoms with E-state index in [0.717, 1.165) is 0 Å². The molecule has 0 unspecified atom stereocenters. The van der Waals surface area contributed by atoms with Gasteiger partial charge in [0.1, 0.15) is 5.54 Å². The molecule has 1 aromatic carbocycles. The number of carbonyl (C=O) groups excluding carboxylic acids is 3. The van der Waals surface area contributed by atoms with Crippen LogP contribution >= 0.6 is 11.8 Å². The number of benzene rings is 1. The maximum atomic E-state index is 13.5. The van der Waals surface area contributed by atoms with Crippen LogP contribution in [0.4, 0.5) is 4.79 Å². The molecule has 0 spiro atoms. The Bertz CT molecular complexity index is 1230. The third-order valence-electron chi connectivity index (χ3n) is 7.08. The van der Waals surface area contributed by atoms with Gasteiger partial charge in [0.05, 0.1) is 17.5 Å². The summed E-state index contributed by atoms with van der Waals surface area (Å²) in [6, 6.07) is 4.71. The fourth-order valence-electron chi connectivity index (χ4n) is 4.87. The SMILES string of the molecule is CCOC(=O)N1CCC(NC(=O)C2(NC(=O)c3ccc4c(=O)n(C)c(SC)nc4c3)CCNCC2)CC1. The Hall–Kier alpha value is -3.12. The topological polar surface area (TPSA) is 135 Å². The highest BCUT2D eigenvalue weighted by Crippen LogP contribution is 2.23. The van der Waals surface area contributed by atoms with Gasteiger partial charge in [0.25, 0.3) is 11.5 Å². The van der Waals surface area contributed by atoms with Gasteiger partial charge >= 0.3 is 6.09 Å². The highest BCUT2D eigenvalue weighted by Gasteiger charge is 2.42. The predicted molar refractivity (Wildman–Crippen MR) is 141 cm³/mol. The highest BCUT2D eigenvalue weighted by atomic mass is 32.2. The zero-order valence-corrected chi connectivity index (χ0v) is 22.3. The first-order chi connectivity index (χ1) is 17.8. The maximum Gasteiger partial charge on any atom is 0.409 e. The molecule has 3 N–H and O–H groups in total. The molecule has 2 saturated heterocycles. The van der Waals surface area contributed by atoms with Crippen molar-refractivity contribution in [2.75, 3.05) is 39.0 Å². The number of nitrogens with one attached hydrogen (secondary N) is 3. The number of aromatic nitrogens is 2. The summed E-state index contributed by atoms with van der Waals surface area (Å²) in [5.41, 5.74) is -0.448. The Morgan fingerprint density at radius 2 is 1.92 bits per heavy atom. The number of fused-ring (bicyclic) bond motifs is 1. The molecule has 0 saturated carbocycles. The average Bonchev–Trinajstić information content (AvgIpc) is 2.91. The molecule has 2 aliphatic rings. The van der Waals surface area contributed by atoms with Crippen molar-refractivity contribution in [1.29, 1.82) is 0 Å². The van der Waals surface area contributed by atoms with Crippen molar-refractivity contribution in [3.8, 4) is 0 Å². The lowest BCUT2D eigenvalue weighted by atomic mass is 9.86. The predicted octanol–water partition coefficient (Wildman–Crippen LogP) is 1.24. The van der Waals surface area contributed by atoms with Gasteiger partial charge in [-0.3, -0.25) is 19.0 Å². The van der Waals surface area contributed by atoms with Crippen LogP contribution in [0.15, 0.2) is 28.2 Å². The van der Waals surface area contributed by atoms with Gasteiger partial charge in [0.15, 0.2) is 5.16 Å². The van der Waals surface area contributed by atoms with Crippen LogP contribution in [-0.2, 0) is 16.6 Å². The minimum absolute atomic E-state index is 0.0899. The lowest BCUT2D eigenvalue weighted by molar-refractivity contribution is -0.129. The van der Waals surface area contributed by atoms with Crippen molar-refractivity contribution in [3.05, 3.63) is 34.1 Å². The summed E-state index contributed by atoms with van der Waals surface area (Å²) in [6.45, 7) is 4.31. The molecule has 11 nitrogen and oxygen atoms in total. The van der Waals surface area contributed by atoms with Crippen LogP contribution in [0.2, 0.25) is 0 Å². The van der Waals surface area contributed by atoms with Gasteiger partial charge in [-0.25, -0.2) is 9.78 Å². The van der Waals surface area contributed by atoms with E-state index in [1.807, 2.05) is 6.26 Å². The van der Waals surface area contributed by atoms with Crippen LogP contribution in [0.3, 0.4) is 0 Å². The lowest BCUT2D eigenvalue weighted by Crippen LogP contribution is -2.64.